The van der Waals surface area contributed by atoms with E-state index in [0.717, 1.165) is 5.56 Å². The number of aromatic nitrogens is 2. The van der Waals surface area contributed by atoms with Crippen LogP contribution in [-0.4, -0.2) is 44.8 Å². The molecule has 1 aromatic heterocycles. The van der Waals surface area contributed by atoms with Crippen LogP contribution in [0.1, 0.15) is 12.0 Å². The van der Waals surface area contributed by atoms with Crippen LogP contribution in [0.25, 0.3) is 6.08 Å². The van der Waals surface area contributed by atoms with Crippen LogP contribution in [0.5, 0.6) is 0 Å². The summed E-state index contributed by atoms with van der Waals surface area (Å²) in [5, 5.41) is 15.4. The quantitative estimate of drug-likeness (QED) is 0.722. The molecule has 104 valence electrons. The van der Waals surface area contributed by atoms with Crippen molar-refractivity contribution in [3.63, 3.8) is 0 Å². The first kappa shape index (κ1) is 15.3. The first-order valence-corrected chi connectivity index (χ1v) is 7.11. The molecule has 0 saturated heterocycles. The number of carbonyl (C=O) groups is 2. The molecule has 0 spiro atoms. The zero-order chi connectivity index (χ0) is 14.3. The van der Waals surface area contributed by atoms with Crippen LogP contribution in [-0.2, 0) is 16.6 Å². The summed E-state index contributed by atoms with van der Waals surface area (Å²) in [7, 11) is 1.78. The largest absolute Gasteiger partial charge is 0.480 e. The summed E-state index contributed by atoms with van der Waals surface area (Å²) < 4.78 is 1.62. The average Bonchev–Trinajstić information content (AvgIpc) is 2.77. The molecule has 7 heteroatoms. The molecule has 1 heterocycles. The van der Waals surface area contributed by atoms with E-state index in [2.05, 4.69) is 10.4 Å². The molecule has 1 amide bonds. The van der Waals surface area contributed by atoms with Gasteiger partial charge in [0.05, 0.1) is 6.20 Å². The summed E-state index contributed by atoms with van der Waals surface area (Å²) in [5.41, 5.74) is 0.786. The Hall–Kier alpha value is -1.76. The number of amides is 1. The molecule has 19 heavy (non-hydrogen) atoms. The second kappa shape index (κ2) is 7.63. The van der Waals surface area contributed by atoms with Gasteiger partial charge in [-0.3, -0.25) is 9.48 Å². The number of thioether (sulfide) groups is 1. The molecular weight excluding hydrogens is 266 g/mol. The van der Waals surface area contributed by atoms with Gasteiger partial charge >= 0.3 is 5.97 Å². The number of carboxylic acids is 1. The molecule has 0 saturated carbocycles. The van der Waals surface area contributed by atoms with E-state index in [4.69, 9.17) is 5.11 Å². The second-order valence-corrected chi connectivity index (χ2v) is 4.95. The monoisotopic (exact) mass is 283 g/mol. The average molecular weight is 283 g/mol. The Morgan fingerprint density at radius 2 is 2.37 bits per heavy atom. The van der Waals surface area contributed by atoms with Gasteiger partial charge in [-0.05, 0) is 24.5 Å². The highest BCUT2D eigenvalue weighted by atomic mass is 32.2. The lowest BCUT2D eigenvalue weighted by Gasteiger charge is -2.12. The highest BCUT2D eigenvalue weighted by Gasteiger charge is 2.17. The molecule has 0 radical (unpaired) electrons. The Labute approximate surface area is 115 Å². The normalized spacial score (nSPS) is 12.5. The van der Waals surface area contributed by atoms with Crippen molar-refractivity contribution < 1.29 is 14.7 Å². The van der Waals surface area contributed by atoms with E-state index in [-0.39, 0.29) is 0 Å². The summed E-state index contributed by atoms with van der Waals surface area (Å²) in [4.78, 5) is 22.6. The molecule has 0 aromatic carbocycles. The highest BCUT2D eigenvalue weighted by molar-refractivity contribution is 7.98. The summed E-state index contributed by atoms with van der Waals surface area (Å²) in [6.45, 7) is 0. The van der Waals surface area contributed by atoms with Crippen molar-refractivity contribution in [3.8, 4) is 0 Å². The Morgan fingerprint density at radius 3 is 2.89 bits per heavy atom. The minimum Gasteiger partial charge on any atom is -0.480 e. The first-order valence-electron chi connectivity index (χ1n) is 5.72. The van der Waals surface area contributed by atoms with Gasteiger partial charge in [-0.25, -0.2) is 4.79 Å². The third-order valence-corrected chi connectivity index (χ3v) is 3.02. The standard InChI is InChI=1S/C12H17N3O3S/c1-15-8-9(7-13-15)3-4-11(16)14-10(12(17)18)5-6-19-2/h3-4,7-8,10H,5-6H2,1-2H3,(H,14,16)(H,17,18)/b4-3+. The van der Waals surface area contributed by atoms with Crippen LogP contribution in [0.2, 0.25) is 0 Å². The van der Waals surface area contributed by atoms with Crippen molar-refractivity contribution in [3.05, 3.63) is 24.0 Å². The summed E-state index contributed by atoms with van der Waals surface area (Å²) in [5.74, 6) is -0.752. The van der Waals surface area contributed by atoms with Crippen molar-refractivity contribution >= 4 is 29.7 Å². The number of aliphatic carboxylic acids is 1. The van der Waals surface area contributed by atoms with Gasteiger partial charge in [-0.15, -0.1) is 0 Å². The molecule has 0 fully saturated rings. The number of nitrogens with zero attached hydrogens (tertiary/aromatic N) is 2. The van der Waals surface area contributed by atoms with Gasteiger partial charge in [0, 0.05) is 24.9 Å². The van der Waals surface area contributed by atoms with Crippen molar-refractivity contribution in [1.29, 1.82) is 0 Å². The van der Waals surface area contributed by atoms with Crippen LogP contribution in [0.3, 0.4) is 0 Å². The lowest BCUT2D eigenvalue weighted by molar-refractivity contribution is -0.141. The molecule has 1 rings (SSSR count). The summed E-state index contributed by atoms with van der Waals surface area (Å²) >= 11 is 1.54. The van der Waals surface area contributed by atoms with E-state index in [9.17, 15) is 9.59 Å². The lowest BCUT2D eigenvalue weighted by Crippen LogP contribution is -2.40. The zero-order valence-corrected chi connectivity index (χ0v) is 11.7. The Balaban J connectivity index is 2.52. The van der Waals surface area contributed by atoms with Gasteiger partial charge in [0.25, 0.3) is 0 Å². The fourth-order valence-corrected chi connectivity index (χ4v) is 1.88. The third kappa shape index (κ3) is 5.60. The molecule has 1 unspecified atom stereocenters. The predicted molar refractivity (Wildman–Crippen MR) is 74.8 cm³/mol. The molecule has 0 aliphatic heterocycles. The SMILES string of the molecule is CSCCC(NC(=O)/C=C/c1cnn(C)c1)C(=O)O. The maximum Gasteiger partial charge on any atom is 0.326 e. The van der Waals surface area contributed by atoms with Gasteiger partial charge < -0.3 is 10.4 Å². The van der Waals surface area contributed by atoms with E-state index in [0.29, 0.717) is 12.2 Å². The van der Waals surface area contributed by atoms with Gasteiger partial charge in [0.15, 0.2) is 0 Å². The predicted octanol–water partition coefficient (Wildman–Crippen LogP) is 0.756. The number of hydrogen-bond donors (Lipinski definition) is 2. The van der Waals surface area contributed by atoms with Gasteiger partial charge in [0.2, 0.25) is 5.91 Å². The molecule has 1 atom stereocenters. The maximum atomic E-state index is 11.6. The fourth-order valence-electron chi connectivity index (χ4n) is 1.41. The summed E-state index contributed by atoms with van der Waals surface area (Å²) in [6, 6.07) is -0.849. The zero-order valence-electron chi connectivity index (χ0n) is 10.9. The Kier molecular flexibility index (Phi) is 6.14. The molecule has 0 aliphatic carbocycles. The molecule has 2 N–H and O–H groups in total. The minimum absolute atomic E-state index is 0.406. The Morgan fingerprint density at radius 1 is 1.63 bits per heavy atom. The maximum absolute atomic E-state index is 11.6. The van der Waals surface area contributed by atoms with Crippen molar-refractivity contribution in [1.82, 2.24) is 15.1 Å². The minimum atomic E-state index is -1.02. The van der Waals surface area contributed by atoms with Gasteiger partial charge in [-0.2, -0.15) is 16.9 Å². The van der Waals surface area contributed by atoms with Crippen LogP contribution in [0.15, 0.2) is 18.5 Å². The van der Waals surface area contributed by atoms with Crippen molar-refractivity contribution in [2.45, 2.75) is 12.5 Å². The smallest absolute Gasteiger partial charge is 0.326 e. The number of nitrogens with one attached hydrogen (secondary N) is 1. The van der Waals surface area contributed by atoms with Crippen LogP contribution in [0, 0.1) is 0 Å². The molecule has 1 aromatic rings. The van der Waals surface area contributed by atoms with Crippen LogP contribution < -0.4 is 5.32 Å². The fraction of sp³-hybridized carbons (Fsp3) is 0.417. The van der Waals surface area contributed by atoms with Crippen LogP contribution in [0.4, 0.5) is 0 Å². The number of rotatable bonds is 7. The van der Waals surface area contributed by atoms with E-state index >= 15 is 0 Å². The third-order valence-electron chi connectivity index (χ3n) is 2.38. The Bertz CT molecular complexity index is 471. The highest BCUT2D eigenvalue weighted by Crippen LogP contribution is 2.02. The number of hydrogen-bond acceptors (Lipinski definition) is 4. The van der Waals surface area contributed by atoms with Gasteiger partial charge in [-0.1, -0.05) is 0 Å². The first-order chi connectivity index (χ1) is 9.02. The lowest BCUT2D eigenvalue weighted by atomic mass is 10.2. The van der Waals surface area contributed by atoms with E-state index in [1.165, 1.54) is 6.08 Å². The topological polar surface area (TPSA) is 84.2 Å². The second-order valence-electron chi connectivity index (χ2n) is 3.96. The molecule has 6 nitrogen and oxygen atoms in total. The van der Waals surface area contributed by atoms with E-state index < -0.39 is 17.9 Å². The van der Waals surface area contributed by atoms with Crippen molar-refractivity contribution in [2.24, 2.45) is 7.05 Å². The van der Waals surface area contributed by atoms with Crippen LogP contribution >= 0.6 is 11.8 Å². The molecule has 0 bridgehead atoms. The molecular formula is C12H17N3O3S. The molecule has 0 aliphatic rings. The van der Waals surface area contributed by atoms with E-state index in [1.807, 2.05) is 6.26 Å². The van der Waals surface area contributed by atoms with Crippen molar-refractivity contribution in [2.75, 3.05) is 12.0 Å². The summed E-state index contributed by atoms with van der Waals surface area (Å²) in [6.07, 6.45) is 8.58. The number of aryl methyl sites for hydroxylation is 1. The number of carboxylic acid groups (broad SMARTS) is 1. The van der Waals surface area contributed by atoms with E-state index in [1.54, 1.807) is 42.0 Å². The number of carbonyl (C=O) groups excluding carboxylic acids is 1. The van der Waals surface area contributed by atoms with Gasteiger partial charge in [0.1, 0.15) is 6.04 Å².